The molecule has 0 aliphatic carbocycles. The molecule has 1 aromatic heterocycles. The minimum absolute atomic E-state index is 0.172. The number of benzene rings is 1. The van der Waals surface area contributed by atoms with Crippen LogP contribution in [-0.2, 0) is 4.74 Å². The largest absolute Gasteiger partial charge is 0.378 e. The van der Waals surface area contributed by atoms with Crippen LogP contribution >= 0.6 is 0 Å². The van der Waals surface area contributed by atoms with Crippen LogP contribution in [0.3, 0.4) is 0 Å². The van der Waals surface area contributed by atoms with Crippen molar-refractivity contribution in [2.75, 3.05) is 19.8 Å². The van der Waals surface area contributed by atoms with Crippen molar-refractivity contribution in [2.45, 2.75) is 6.04 Å². The molecule has 1 aromatic carbocycles. The van der Waals surface area contributed by atoms with Crippen LogP contribution in [0.5, 0.6) is 0 Å². The van der Waals surface area contributed by atoms with Crippen LogP contribution in [0.25, 0.3) is 10.9 Å². The maximum atomic E-state index is 5.42. The summed E-state index contributed by atoms with van der Waals surface area (Å²) in [7, 11) is 0. The lowest BCUT2D eigenvalue weighted by atomic mass is 10.1. The zero-order chi connectivity index (χ0) is 10.8. The van der Waals surface area contributed by atoms with E-state index >= 15 is 0 Å². The number of fused-ring (bicyclic) bond motifs is 1. The van der Waals surface area contributed by atoms with E-state index in [4.69, 9.17) is 4.74 Å². The second kappa shape index (κ2) is 4.15. The molecule has 1 saturated heterocycles. The zero-order valence-corrected chi connectivity index (χ0v) is 8.89. The number of hydrogen-bond acceptors (Lipinski definition) is 4. The Balaban J connectivity index is 1.97. The number of ether oxygens (including phenoxy) is 1. The molecule has 1 atom stereocenters. The average Bonchev–Trinajstić information content (AvgIpc) is 2.39. The Labute approximate surface area is 93.6 Å². The summed E-state index contributed by atoms with van der Waals surface area (Å²) in [5.74, 6) is 0. The third kappa shape index (κ3) is 1.77. The Bertz CT molecular complexity index is 494. The zero-order valence-electron chi connectivity index (χ0n) is 8.89. The molecule has 0 radical (unpaired) electrons. The van der Waals surface area contributed by atoms with Gasteiger partial charge in [-0.1, -0.05) is 18.2 Å². The van der Waals surface area contributed by atoms with Gasteiger partial charge in [-0.3, -0.25) is 0 Å². The lowest BCUT2D eigenvalue weighted by Gasteiger charge is -2.22. The highest BCUT2D eigenvalue weighted by molar-refractivity contribution is 5.77. The van der Waals surface area contributed by atoms with E-state index in [0.29, 0.717) is 6.61 Å². The van der Waals surface area contributed by atoms with Gasteiger partial charge in [0, 0.05) is 11.9 Å². The first kappa shape index (κ1) is 9.69. The molecule has 4 nitrogen and oxygen atoms in total. The fraction of sp³-hybridized carbons (Fsp3) is 0.333. The molecule has 16 heavy (non-hydrogen) atoms. The van der Waals surface area contributed by atoms with Crippen molar-refractivity contribution in [1.82, 2.24) is 15.5 Å². The quantitative estimate of drug-likeness (QED) is 0.778. The van der Waals surface area contributed by atoms with E-state index in [9.17, 15) is 0 Å². The first-order chi connectivity index (χ1) is 7.93. The highest BCUT2D eigenvalue weighted by atomic mass is 16.5. The van der Waals surface area contributed by atoms with Crippen LogP contribution < -0.4 is 5.32 Å². The minimum Gasteiger partial charge on any atom is -0.378 e. The lowest BCUT2D eigenvalue weighted by Crippen LogP contribution is -2.35. The van der Waals surface area contributed by atoms with Crippen molar-refractivity contribution < 1.29 is 4.74 Å². The molecule has 1 aliphatic heterocycles. The van der Waals surface area contributed by atoms with Gasteiger partial charge in [-0.05, 0) is 12.1 Å². The highest BCUT2D eigenvalue weighted by Gasteiger charge is 2.17. The van der Waals surface area contributed by atoms with E-state index in [2.05, 4.69) is 27.6 Å². The molecule has 0 amide bonds. The summed E-state index contributed by atoms with van der Waals surface area (Å²) in [6, 6.07) is 10.3. The van der Waals surface area contributed by atoms with Gasteiger partial charge < -0.3 is 10.1 Å². The molecule has 0 saturated carbocycles. The molecule has 1 aliphatic rings. The molecule has 4 heteroatoms. The molecule has 0 bridgehead atoms. The van der Waals surface area contributed by atoms with E-state index in [-0.39, 0.29) is 6.04 Å². The number of nitrogens with zero attached hydrogens (tertiary/aromatic N) is 2. The Hall–Kier alpha value is -1.52. The SMILES string of the molecule is c1ccc2nnc(C3COCCN3)cc2c1. The summed E-state index contributed by atoms with van der Waals surface area (Å²) in [5.41, 5.74) is 1.89. The number of hydrogen-bond donors (Lipinski definition) is 1. The highest BCUT2D eigenvalue weighted by Crippen LogP contribution is 2.17. The van der Waals surface area contributed by atoms with Gasteiger partial charge in [0.05, 0.1) is 30.5 Å². The normalized spacial score (nSPS) is 21.1. The standard InChI is InChI=1S/C12H13N3O/c1-2-4-10-9(3-1)7-11(15-14-10)12-8-16-6-5-13-12/h1-4,7,12-13H,5-6,8H2. The molecule has 1 fully saturated rings. The Morgan fingerprint density at radius 2 is 2.19 bits per heavy atom. The Morgan fingerprint density at radius 3 is 3.06 bits per heavy atom. The van der Waals surface area contributed by atoms with Crippen LogP contribution in [-0.4, -0.2) is 30.0 Å². The van der Waals surface area contributed by atoms with Crippen LogP contribution in [0, 0.1) is 0 Å². The molecule has 0 spiro atoms. The molecule has 2 aromatic rings. The molecule has 2 heterocycles. The number of morpholine rings is 1. The van der Waals surface area contributed by atoms with E-state index < -0.39 is 0 Å². The molecule has 1 unspecified atom stereocenters. The topological polar surface area (TPSA) is 47.0 Å². The van der Waals surface area contributed by atoms with E-state index in [1.807, 2.05) is 18.2 Å². The lowest BCUT2D eigenvalue weighted by molar-refractivity contribution is 0.0754. The van der Waals surface area contributed by atoms with E-state index in [1.54, 1.807) is 0 Å². The van der Waals surface area contributed by atoms with Crippen LogP contribution in [0.15, 0.2) is 30.3 Å². The Kier molecular flexibility index (Phi) is 2.52. The summed E-state index contributed by atoms with van der Waals surface area (Å²) in [6.45, 7) is 2.32. The van der Waals surface area contributed by atoms with Gasteiger partial charge in [0.15, 0.2) is 0 Å². The van der Waals surface area contributed by atoms with Crippen molar-refractivity contribution in [3.8, 4) is 0 Å². The monoisotopic (exact) mass is 215 g/mol. The molecular formula is C12H13N3O. The van der Waals surface area contributed by atoms with Crippen molar-refractivity contribution in [3.05, 3.63) is 36.0 Å². The van der Waals surface area contributed by atoms with Crippen molar-refractivity contribution >= 4 is 10.9 Å². The maximum absolute atomic E-state index is 5.42. The summed E-state index contributed by atoms with van der Waals surface area (Å²) in [5, 5.41) is 12.9. The van der Waals surface area contributed by atoms with Crippen LogP contribution in [0.1, 0.15) is 11.7 Å². The van der Waals surface area contributed by atoms with E-state index in [1.165, 1.54) is 0 Å². The summed E-state index contributed by atoms with van der Waals surface area (Å²) in [6.07, 6.45) is 0. The minimum atomic E-state index is 0.172. The van der Waals surface area contributed by atoms with E-state index in [0.717, 1.165) is 29.7 Å². The average molecular weight is 215 g/mol. The second-order valence-electron chi connectivity index (χ2n) is 3.91. The summed E-state index contributed by atoms with van der Waals surface area (Å²) >= 11 is 0. The van der Waals surface area contributed by atoms with Crippen molar-refractivity contribution in [1.29, 1.82) is 0 Å². The third-order valence-corrected chi connectivity index (χ3v) is 2.79. The van der Waals surface area contributed by atoms with Gasteiger partial charge in [-0.15, -0.1) is 0 Å². The molecular weight excluding hydrogens is 202 g/mol. The smallest absolute Gasteiger partial charge is 0.0929 e. The number of nitrogens with one attached hydrogen (secondary N) is 1. The maximum Gasteiger partial charge on any atom is 0.0929 e. The number of aromatic nitrogens is 2. The van der Waals surface area contributed by atoms with Gasteiger partial charge in [0.1, 0.15) is 0 Å². The van der Waals surface area contributed by atoms with Gasteiger partial charge in [0.25, 0.3) is 0 Å². The fourth-order valence-electron chi connectivity index (χ4n) is 1.93. The molecule has 1 N–H and O–H groups in total. The first-order valence-electron chi connectivity index (χ1n) is 5.47. The Morgan fingerprint density at radius 1 is 1.25 bits per heavy atom. The fourth-order valence-corrected chi connectivity index (χ4v) is 1.93. The van der Waals surface area contributed by atoms with Gasteiger partial charge in [-0.2, -0.15) is 10.2 Å². The first-order valence-corrected chi connectivity index (χ1v) is 5.47. The molecule has 82 valence electrons. The van der Waals surface area contributed by atoms with Crippen molar-refractivity contribution in [3.63, 3.8) is 0 Å². The van der Waals surface area contributed by atoms with Gasteiger partial charge in [0.2, 0.25) is 0 Å². The van der Waals surface area contributed by atoms with Crippen molar-refractivity contribution in [2.24, 2.45) is 0 Å². The molecule has 3 rings (SSSR count). The summed E-state index contributed by atoms with van der Waals surface area (Å²) < 4.78 is 5.42. The predicted molar refractivity (Wildman–Crippen MR) is 61.1 cm³/mol. The van der Waals surface area contributed by atoms with Crippen LogP contribution in [0.4, 0.5) is 0 Å². The number of rotatable bonds is 1. The van der Waals surface area contributed by atoms with Gasteiger partial charge >= 0.3 is 0 Å². The second-order valence-corrected chi connectivity index (χ2v) is 3.91. The van der Waals surface area contributed by atoms with Gasteiger partial charge in [-0.25, -0.2) is 0 Å². The summed E-state index contributed by atoms with van der Waals surface area (Å²) in [4.78, 5) is 0. The third-order valence-electron chi connectivity index (χ3n) is 2.79. The predicted octanol–water partition coefficient (Wildman–Crippen LogP) is 1.29. The van der Waals surface area contributed by atoms with Crippen LogP contribution in [0.2, 0.25) is 0 Å².